The van der Waals surface area contributed by atoms with Gasteiger partial charge in [0.05, 0.1) is 0 Å². The second-order valence-electron chi connectivity index (χ2n) is 10.9. The van der Waals surface area contributed by atoms with Crippen LogP contribution in [0.2, 0.25) is 0 Å². The van der Waals surface area contributed by atoms with Gasteiger partial charge < -0.3 is 0 Å². The summed E-state index contributed by atoms with van der Waals surface area (Å²) in [5.41, 5.74) is -1.06. The molecular formula is C33H31N2O7P. The van der Waals surface area contributed by atoms with E-state index in [1.54, 1.807) is 17.7 Å². The van der Waals surface area contributed by atoms with Crippen LogP contribution >= 0.6 is 6.75 Å². The number of carbonyl (C=O) groups is 3. The number of hydrogen-bond acceptors (Lipinski definition) is 6. The van der Waals surface area contributed by atoms with E-state index in [0.29, 0.717) is 15.9 Å². The van der Waals surface area contributed by atoms with Gasteiger partial charge in [-0.15, -0.1) is 0 Å². The van der Waals surface area contributed by atoms with Gasteiger partial charge in [-0.1, -0.05) is 0 Å². The number of amides is 1. The SMILES string of the molecule is CC1(CC(=O)O)CC(=O)N1P(CC(=O)OCc1ccccc1[N+](=O)[O-])(c1ccccc1)(c1ccccc1)c1ccccc1. The standard InChI is InChI=1S/C33H31N2O7P/c1-33(22-31(37)38)21-30(36)34(33)43(26-14-5-2-6-15-26,27-16-7-3-8-17-27,28-18-9-4-10-19-28)24-32(39)42-23-25-13-11-12-20-29(25)35(40)41/h2-20H,21-24H2,1H3,(H,37,38). The summed E-state index contributed by atoms with van der Waals surface area (Å²) >= 11 is 0. The van der Waals surface area contributed by atoms with Crippen LogP contribution in [0.3, 0.4) is 0 Å². The molecular weight excluding hydrogens is 567 g/mol. The van der Waals surface area contributed by atoms with Gasteiger partial charge in [0.1, 0.15) is 0 Å². The molecule has 9 nitrogen and oxygen atoms in total. The van der Waals surface area contributed by atoms with Crippen molar-refractivity contribution in [2.75, 3.05) is 6.16 Å². The van der Waals surface area contributed by atoms with Crippen LogP contribution in [0.15, 0.2) is 115 Å². The van der Waals surface area contributed by atoms with Crippen LogP contribution in [0.1, 0.15) is 25.3 Å². The number of nitro groups is 1. The van der Waals surface area contributed by atoms with Crippen molar-refractivity contribution in [3.8, 4) is 0 Å². The fraction of sp³-hybridized carbons (Fsp3) is 0.182. The zero-order valence-electron chi connectivity index (χ0n) is 23.5. The molecule has 1 unspecified atom stereocenters. The Bertz CT molecular complexity index is 1580. The molecule has 1 N–H and O–H groups in total. The molecule has 1 saturated heterocycles. The van der Waals surface area contributed by atoms with Gasteiger partial charge in [0.2, 0.25) is 0 Å². The Balaban J connectivity index is 1.80. The van der Waals surface area contributed by atoms with Crippen LogP contribution in [0.4, 0.5) is 5.69 Å². The van der Waals surface area contributed by atoms with Crippen molar-refractivity contribution in [3.05, 3.63) is 131 Å². The molecule has 10 heteroatoms. The zero-order valence-corrected chi connectivity index (χ0v) is 24.4. The number of nitro benzene ring substituents is 1. The maximum atomic E-state index is 14.2. The first kappa shape index (κ1) is 29.6. The second-order valence-corrected chi connectivity index (χ2v) is 15.7. The van der Waals surface area contributed by atoms with Crippen molar-refractivity contribution < 1.29 is 29.2 Å². The minimum atomic E-state index is -4.42. The summed E-state index contributed by atoms with van der Waals surface area (Å²) in [5, 5.41) is 23.7. The second kappa shape index (κ2) is 11.4. The molecule has 220 valence electrons. The number of carboxylic acids is 1. The third kappa shape index (κ3) is 4.85. The fourth-order valence-electron chi connectivity index (χ4n) is 6.58. The summed E-state index contributed by atoms with van der Waals surface area (Å²) in [5.74, 6) is -2.01. The van der Waals surface area contributed by atoms with Gasteiger partial charge in [-0.3, -0.25) is 0 Å². The van der Waals surface area contributed by atoms with E-state index >= 15 is 0 Å². The summed E-state index contributed by atoms with van der Waals surface area (Å²) < 4.78 is 7.48. The average molecular weight is 599 g/mol. The quantitative estimate of drug-likeness (QED) is 0.0883. The van der Waals surface area contributed by atoms with E-state index in [1.165, 1.54) is 18.2 Å². The number of esters is 1. The number of carbonyl (C=O) groups excluding carboxylic acids is 2. The number of ether oxygens (including phenoxy) is 1. The molecule has 0 bridgehead atoms. The summed E-state index contributed by atoms with van der Waals surface area (Å²) in [4.78, 5) is 51.5. The molecule has 4 aromatic carbocycles. The number of nitrogens with zero attached hydrogens (tertiary/aromatic N) is 2. The Morgan fingerprint density at radius 2 is 1.33 bits per heavy atom. The van der Waals surface area contributed by atoms with Crippen molar-refractivity contribution >= 4 is 46.2 Å². The topological polar surface area (TPSA) is 127 Å². The first-order valence-corrected chi connectivity index (χ1v) is 16.1. The van der Waals surface area contributed by atoms with Gasteiger partial charge in [-0.05, 0) is 0 Å². The predicted octanol–water partition coefficient (Wildman–Crippen LogP) is 4.55. The molecule has 1 amide bonds. The number of para-hydroxylation sites is 1. The molecule has 0 aromatic heterocycles. The van der Waals surface area contributed by atoms with Gasteiger partial charge in [-0.2, -0.15) is 0 Å². The van der Waals surface area contributed by atoms with E-state index in [0.717, 1.165) is 0 Å². The third-order valence-corrected chi connectivity index (χ3v) is 14.9. The van der Waals surface area contributed by atoms with E-state index in [9.17, 15) is 29.6 Å². The van der Waals surface area contributed by atoms with Gasteiger partial charge in [0, 0.05) is 0 Å². The molecule has 1 aliphatic rings. The van der Waals surface area contributed by atoms with E-state index < -0.39 is 29.2 Å². The summed E-state index contributed by atoms with van der Waals surface area (Å²) in [6, 6.07) is 33.8. The number of β-lactam (4-membered cyclic amide) rings is 1. The number of carboxylic acid groups (broad SMARTS) is 1. The molecule has 0 spiro atoms. The van der Waals surface area contributed by atoms with Crippen LogP contribution in [-0.2, 0) is 25.7 Å². The van der Waals surface area contributed by atoms with Crippen molar-refractivity contribution in [1.29, 1.82) is 0 Å². The molecule has 0 saturated carbocycles. The normalized spacial score (nSPS) is 17.3. The van der Waals surface area contributed by atoms with E-state index in [1.807, 2.05) is 91.0 Å². The fourth-order valence-corrected chi connectivity index (χ4v) is 13.7. The predicted molar refractivity (Wildman–Crippen MR) is 165 cm³/mol. The molecule has 0 aliphatic carbocycles. The minimum absolute atomic E-state index is 0.00500. The Labute approximate surface area is 248 Å². The molecule has 4 aromatic rings. The van der Waals surface area contributed by atoms with Crippen molar-refractivity contribution in [2.24, 2.45) is 0 Å². The Hall–Kier alpha value is -4.88. The Morgan fingerprint density at radius 3 is 1.77 bits per heavy atom. The van der Waals surface area contributed by atoms with Crippen molar-refractivity contribution in [2.45, 2.75) is 31.9 Å². The van der Waals surface area contributed by atoms with Crippen LogP contribution in [-0.4, -0.2) is 44.2 Å². The van der Waals surface area contributed by atoms with E-state index in [-0.39, 0.29) is 42.8 Å². The van der Waals surface area contributed by atoms with Crippen LogP contribution < -0.4 is 15.9 Å². The van der Waals surface area contributed by atoms with Gasteiger partial charge in [0.15, 0.2) is 0 Å². The van der Waals surface area contributed by atoms with Crippen LogP contribution in [0.25, 0.3) is 0 Å². The number of benzene rings is 4. The van der Waals surface area contributed by atoms with Crippen molar-refractivity contribution in [1.82, 2.24) is 4.67 Å². The van der Waals surface area contributed by atoms with Gasteiger partial charge in [0.25, 0.3) is 0 Å². The Kier molecular flexibility index (Phi) is 7.86. The third-order valence-electron chi connectivity index (χ3n) is 8.20. The summed E-state index contributed by atoms with van der Waals surface area (Å²) in [6.45, 7) is -3.02. The first-order valence-electron chi connectivity index (χ1n) is 13.7. The van der Waals surface area contributed by atoms with E-state index in [2.05, 4.69) is 0 Å². The van der Waals surface area contributed by atoms with Gasteiger partial charge >= 0.3 is 249 Å². The number of aliphatic carboxylic acids is 1. The summed E-state index contributed by atoms with van der Waals surface area (Å²) in [7, 11) is 0. The monoisotopic (exact) mass is 598 g/mol. The Morgan fingerprint density at radius 1 is 0.860 bits per heavy atom. The molecule has 0 radical (unpaired) electrons. The van der Waals surface area contributed by atoms with Crippen LogP contribution in [0, 0.1) is 10.1 Å². The average Bonchev–Trinajstić information content (AvgIpc) is 3.00. The summed E-state index contributed by atoms with van der Waals surface area (Å²) in [6.07, 6.45) is -0.630. The molecule has 1 aliphatic heterocycles. The van der Waals surface area contributed by atoms with E-state index in [4.69, 9.17) is 4.74 Å². The number of rotatable bonds is 11. The molecule has 1 fully saturated rings. The zero-order chi connectivity index (χ0) is 30.7. The molecule has 5 rings (SSSR count). The molecule has 1 heterocycles. The number of hydrogen-bond donors (Lipinski definition) is 1. The maximum absolute atomic E-state index is 14.2. The van der Waals surface area contributed by atoms with Crippen molar-refractivity contribution in [3.63, 3.8) is 0 Å². The molecule has 43 heavy (non-hydrogen) atoms. The molecule has 1 atom stereocenters. The van der Waals surface area contributed by atoms with Crippen LogP contribution in [0.5, 0.6) is 0 Å². The van der Waals surface area contributed by atoms with Gasteiger partial charge in [-0.25, -0.2) is 0 Å². The first-order chi connectivity index (χ1) is 20.6.